The topological polar surface area (TPSA) is 46.5 Å². The van der Waals surface area contributed by atoms with Gasteiger partial charge < -0.3 is 9.84 Å². The molecular weight excluding hydrogens is 332 g/mol. The van der Waals surface area contributed by atoms with Gasteiger partial charge in [0.05, 0.1) is 22.7 Å². The van der Waals surface area contributed by atoms with Crippen molar-refractivity contribution >= 4 is 16.9 Å². The van der Waals surface area contributed by atoms with Gasteiger partial charge >= 0.3 is 0 Å². The van der Waals surface area contributed by atoms with Gasteiger partial charge in [0.25, 0.3) is 0 Å². The van der Waals surface area contributed by atoms with E-state index in [-0.39, 0.29) is 6.10 Å². The second-order valence-electron chi connectivity index (χ2n) is 6.48. The van der Waals surface area contributed by atoms with Crippen LogP contribution in [0.5, 0.6) is 0 Å². The van der Waals surface area contributed by atoms with Crippen LogP contribution in [0.3, 0.4) is 0 Å². The van der Waals surface area contributed by atoms with Gasteiger partial charge in [-0.25, -0.2) is 0 Å². The molecule has 0 amide bonds. The van der Waals surface area contributed by atoms with Crippen molar-refractivity contribution in [3.05, 3.63) is 71.5 Å². The van der Waals surface area contributed by atoms with Crippen LogP contribution < -0.4 is 0 Å². The molecule has 132 valence electrons. The van der Waals surface area contributed by atoms with Crippen LogP contribution in [0.1, 0.15) is 30.4 Å². The number of ether oxygens (including phenoxy) is 1. The molecule has 3 atom stereocenters. The molecule has 0 radical (unpaired) electrons. The van der Waals surface area contributed by atoms with Crippen LogP contribution in [0, 0.1) is 6.92 Å². The Morgan fingerprint density at radius 1 is 1.16 bits per heavy atom. The minimum absolute atomic E-state index is 0.204. The number of hydrogen-bond acceptors (Lipinski definition) is 3. The van der Waals surface area contributed by atoms with Crippen molar-refractivity contribution in [2.24, 2.45) is 0 Å². The van der Waals surface area contributed by atoms with E-state index in [0.29, 0.717) is 11.5 Å². The van der Waals surface area contributed by atoms with Gasteiger partial charge in [-0.3, -0.25) is 4.21 Å². The molecule has 0 aromatic heterocycles. The third-order valence-electron chi connectivity index (χ3n) is 4.40. The maximum atomic E-state index is 12.7. The predicted octanol–water partition coefficient (Wildman–Crippen LogP) is 4.07. The van der Waals surface area contributed by atoms with E-state index >= 15 is 0 Å². The smallest absolute Gasteiger partial charge is 0.124 e. The molecule has 1 N–H and O–H groups in total. The highest BCUT2D eigenvalue weighted by molar-refractivity contribution is 7.85. The first kappa shape index (κ1) is 17.9. The lowest BCUT2D eigenvalue weighted by Gasteiger charge is -2.19. The maximum absolute atomic E-state index is 12.7. The number of hydrogen-bond donors (Lipinski definition) is 1. The minimum atomic E-state index is -1.18. The fourth-order valence-corrected chi connectivity index (χ4v) is 4.00. The van der Waals surface area contributed by atoms with Gasteiger partial charge in [-0.15, -0.1) is 0 Å². The number of rotatable bonds is 6. The Kier molecular flexibility index (Phi) is 6.05. The fourth-order valence-electron chi connectivity index (χ4n) is 2.99. The summed E-state index contributed by atoms with van der Waals surface area (Å²) in [5.74, 6) is 0.970. The Bertz CT molecular complexity index is 737. The first-order chi connectivity index (χ1) is 12.1. The first-order valence-corrected chi connectivity index (χ1v) is 9.99. The molecule has 3 nitrogen and oxygen atoms in total. The van der Waals surface area contributed by atoms with E-state index in [2.05, 4.69) is 0 Å². The summed E-state index contributed by atoms with van der Waals surface area (Å²) in [7, 11) is -1.18. The summed E-state index contributed by atoms with van der Waals surface area (Å²) in [5, 5.41) is 10.1. The van der Waals surface area contributed by atoms with Crippen molar-refractivity contribution < 1.29 is 14.1 Å². The lowest BCUT2D eigenvalue weighted by Crippen LogP contribution is -2.23. The fraction of sp³-hybridized carbons (Fsp3) is 0.333. The van der Waals surface area contributed by atoms with Crippen molar-refractivity contribution in [3.63, 3.8) is 0 Å². The van der Waals surface area contributed by atoms with E-state index in [1.54, 1.807) is 0 Å². The van der Waals surface area contributed by atoms with Gasteiger partial charge in [-0.1, -0.05) is 48.0 Å². The van der Waals surface area contributed by atoms with E-state index in [0.717, 1.165) is 35.3 Å². The van der Waals surface area contributed by atoms with Crippen LogP contribution in [-0.2, 0) is 15.5 Å². The van der Waals surface area contributed by atoms with Crippen LogP contribution >= 0.6 is 0 Å². The molecule has 0 aliphatic heterocycles. The molecule has 4 heteroatoms. The molecule has 3 rings (SSSR count). The molecule has 2 aromatic carbocycles. The lowest BCUT2D eigenvalue weighted by atomic mass is 10.2. The van der Waals surface area contributed by atoms with Gasteiger partial charge in [-0.2, -0.15) is 0 Å². The Morgan fingerprint density at radius 2 is 1.88 bits per heavy atom. The van der Waals surface area contributed by atoms with Crippen molar-refractivity contribution in [2.75, 3.05) is 5.75 Å². The number of aryl methyl sites for hydroxylation is 1. The van der Waals surface area contributed by atoms with Crippen molar-refractivity contribution in [2.45, 2.75) is 43.3 Å². The largest absolute Gasteiger partial charge is 0.491 e. The average molecular weight is 356 g/mol. The molecule has 2 aromatic rings. The summed E-state index contributed by atoms with van der Waals surface area (Å²) >= 11 is 0. The molecular formula is C21H24O3S. The number of aliphatic hydroxyl groups excluding tert-OH is 1. The summed E-state index contributed by atoms with van der Waals surface area (Å²) in [6.45, 7) is 2.01. The van der Waals surface area contributed by atoms with Crippen molar-refractivity contribution in [1.29, 1.82) is 0 Å². The van der Waals surface area contributed by atoms with E-state index < -0.39 is 16.9 Å². The number of aliphatic hydroxyl groups is 1. The summed E-state index contributed by atoms with van der Waals surface area (Å²) in [6.07, 6.45) is 3.86. The Labute approximate surface area is 151 Å². The molecule has 0 spiro atoms. The van der Waals surface area contributed by atoms with Gasteiger partial charge in [0, 0.05) is 4.90 Å². The SMILES string of the molecule is Cc1ccc([S@](=O)C/C(=C/c2ccccc2)O[C@@H]2CCC[C@@H]2O)cc1. The second-order valence-corrected chi connectivity index (χ2v) is 7.93. The molecule has 25 heavy (non-hydrogen) atoms. The monoisotopic (exact) mass is 356 g/mol. The summed E-state index contributed by atoms with van der Waals surface area (Å²) in [4.78, 5) is 0.792. The minimum Gasteiger partial charge on any atom is -0.491 e. The third-order valence-corrected chi connectivity index (χ3v) is 5.75. The highest BCUT2D eigenvalue weighted by Crippen LogP contribution is 2.26. The average Bonchev–Trinajstić information content (AvgIpc) is 3.01. The van der Waals surface area contributed by atoms with Crippen LogP contribution in [0.4, 0.5) is 0 Å². The van der Waals surface area contributed by atoms with E-state index in [1.807, 2.05) is 67.6 Å². The zero-order valence-corrected chi connectivity index (χ0v) is 15.2. The third kappa shape index (κ3) is 5.03. The highest BCUT2D eigenvalue weighted by Gasteiger charge is 2.28. The Balaban J connectivity index is 1.79. The normalized spacial score (nSPS) is 21.9. The molecule has 0 saturated heterocycles. The van der Waals surface area contributed by atoms with Gasteiger partial charge in [0.2, 0.25) is 0 Å². The van der Waals surface area contributed by atoms with Crippen LogP contribution in [0.25, 0.3) is 6.08 Å². The molecule has 0 unspecified atom stereocenters. The van der Waals surface area contributed by atoms with Crippen molar-refractivity contribution in [3.8, 4) is 0 Å². The zero-order chi connectivity index (χ0) is 17.6. The molecule has 1 saturated carbocycles. The summed E-state index contributed by atoms with van der Waals surface area (Å²) < 4.78 is 18.8. The molecule has 0 heterocycles. The van der Waals surface area contributed by atoms with Crippen LogP contribution in [-0.4, -0.2) is 27.3 Å². The van der Waals surface area contributed by atoms with Crippen molar-refractivity contribution in [1.82, 2.24) is 0 Å². The summed E-state index contributed by atoms with van der Waals surface area (Å²) in [6, 6.07) is 17.6. The van der Waals surface area contributed by atoms with Crippen LogP contribution in [0.2, 0.25) is 0 Å². The second kappa shape index (κ2) is 8.45. The van der Waals surface area contributed by atoms with Gasteiger partial charge in [0.15, 0.2) is 0 Å². The number of benzene rings is 2. The van der Waals surface area contributed by atoms with Gasteiger partial charge in [0.1, 0.15) is 11.9 Å². The Hall–Kier alpha value is -1.91. The molecule has 0 bridgehead atoms. The summed E-state index contributed by atoms with van der Waals surface area (Å²) in [5.41, 5.74) is 2.15. The maximum Gasteiger partial charge on any atom is 0.124 e. The predicted molar refractivity (Wildman–Crippen MR) is 102 cm³/mol. The van der Waals surface area contributed by atoms with E-state index in [1.165, 1.54) is 0 Å². The highest BCUT2D eigenvalue weighted by atomic mass is 32.2. The molecule has 1 aliphatic carbocycles. The Morgan fingerprint density at radius 3 is 2.52 bits per heavy atom. The lowest BCUT2D eigenvalue weighted by molar-refractivity contribution is 0.0202. The quantitative estimate of drug-likeness (QED) is 0.794. The zero-order valence-electron chi connectivity index (χ0n) is 14.4. The standard InChI is InChI=1S/C21H24O3S/c1-16-10-12-19(13-11-16)25(23)15-18(14-17-6-3-2-4-7-17)24-21-9-5-8-20(21)22/h2-4,6-7,10-14,20-22H,5,8-9,15H2,1H3/b18-14-/t20-,21+,25+/m0/s1. The molecule has 1 fully saturated rings. The molecule has 1 aliphatic rings. The van der Waals surface area contributed by atoms with E-state index in [9.17, 15) is 9.32 Å². The first-order valence-electron chi connectivity index (χ1n) is 8.67. The van der Waals surface area contributed by atoms with E-state index in [4.69, 9.17) is 4.74 Å². The van der Waals surface area contributed by atoms with Gasteiger partial charge in [-0.05, 0) is 50.0 Å². The van der Waals surface area contributed by atoms with Crippen LogP contribution in [0.15, 0.2) is 65.3 Å².